The molecule has 1 aromatic heterocycles. The van der Waals surface area contributed by atoms with Gasteiger partial charge in [0.2, 0.25) is 5.89 Å². The molecule has 2 fully saturated rings. The third-order valence-corrected chi connectivity index (χ3v) is 6.26. The molecule has 0 amide bonds. The maximum atomic E-state index is 5.94. The molecule has 2 atom stereocenters. The van der Waals surface area contributed by atoms with Gasteiger partial charge in [0.05, 0.1) is 18.3 Å². The number of benzene rings is 1. The topological polar surface area (TPSA) is 71.7 Å². The van der Waals surface area contributed by atoms with Gasteiger partial charge in [-0.25, -0.2) is 4.98 Å². The monoisotopic (exact) mass is 382 g/mol. The molecular formula is C22H30N4O2. The Morgan fingerprint density at radius 1 is 1.32 bits per heavy atom. The van der Waals surface area contributed by atoms with Crippen molar-refractivity contribution in [1.82, 2.24) is 15.6 Å². The second-order valence-corrected chi connectivity index (χ2v) is 7.90. The van der Waals surface area contributed by atoms with Gasteiger partial charge in [0.15, 0.2) is 5.96 Å². The Balaban J connectivity index is 1.32. The van der Waals surface area contributed by atoms with Crippen LogP contribution in [0.2, 0.25) is 0 Å². The van der Waals surface area contributed by atoms with Gasteiger partial charge in [0.25, 0.3) is 0 Å². The van der Waals surface area contributed by atoms with Crippen molar-refractivity contribution in [3.05, 3.63) is 41.8 Å². The van der Waals surface area contributed by atoms with Crippen LogP contribution in [0.5, 0.6) is 0 Å². The Labute approximate surface area is 166 Å². The number of rotatable bonds is 6. The SMILES string of the molecule is CCOC1CC(NC(=NC)NCc2coc(-c3ccc(C)cc3)n2)C12CCC2. The van der Waals surface area contributed by atoms with E-state index in [4.69, 9.17) is 9.15 Å². The minimum absolute atomic E-state index is 0.306. The smallest absolute Gasteiger partial charge is 0.226 e. The van der Waals surface area contributed by atoms with Crippen LogP contribution in [0.4, 0.5) is 0 Å². The largest absolute Gasteiger partial charge is 0.444 e. The van der Waals surface area contributed by atoms with E-state index in [1.807, 2.05) is 19.2 Å². The summed E-state index contributed by atoms with van der Waals surface area (Å²) in [4.78, 5) is 8.98. The van der Waals surface area contributed by atoms with Gasteiger partial charge in [-0.05, 0) is 45.2 Å². The molecule has 28 heavy (non-hydrogen) atoms. The quantitative estimate of drug-likeness (QED) is 0.589. The molecule has 1 aromatic carbocycles. The standard InChI is InChI=1S/C22H30N4O2/c1-4-27-19-12-18(22(19)10-5-11-22)26-21(23-3)24-13-17-14-28-20(25-17)16-8-6-15(2)7-9-16/h6-9,14,18-19H,4-5,10-13H2,1-3H3,(H2,23,24,26). The molecule has 2 unspecified atom stereocenters. The van der Waals surface area contributed by atoms with E-state index in [0.29, 0.717) is 30.0 Å². The third kappa shape index (κ3) is 3.53. The minimum atomic E-state index is 0.306. The summed E-state index contributed by atoms with van der Waals surface area (Å²) in [6.45, 7) is 5.52. The molecular weight excluding hydrogens is 352 g/mol. The van der Waals surface area contributed by atoms with Crippen molar-refractivity contribution in [2.24, 2.45) is 10.4 Å². The number of oxazole rings is 1. The normalized spacial score (nSPS) is 23.2. The predicted octanol–water partition coefficient (Wildman–Crippen LogP) is 3.66. The summed E-state index contributed by atoms with van der Waals surface area (Å²) in [5, 5.41) is 6.97. The van der Waals surface area contributed by atoms with Crippen LogP contribution < -0.4 is 10.6 Å². The lowest BCUT2D eigenvalue weighted by Gasteiger charge is -2.61. The fraction of sp³-hybridized carbons (Fsp3) is 0.545. The lowest BCUT2D eigenvalue weighted by molar-refractivity contribution is -0.168. The number of hydrogen-bond donors (Lipinski definition) is 2. The number of guanidine groups is 1. The molecule has 2 aliphatic rings. The van der Waals surface area contributed by atoms with Crippen molar-refractivity contribution in [1.29, 1.82) is 0 Å². The first-order chi connectivity index (χ1) is 13.6. The van der Waals surface area contributed by atoms with Gasteiger partial charge in [0, 0.05) is 30.7 Å². The number of nitrogens with one attached hydrogen (secondary N) is 2. The first-order valence-electron chi connectivity index (χ1n) is 10.2. The van der Waals surface area contributed by atoms with Crippen molar-refractivity contribution in [2.75, 3.05) is 13.7 Å². The fourth-order valence-electron chi connectivity index (χ4n) is 4.39. The molecule has 2 aliphatic carbocycles. The van der Waals surface area contributed by atoms with E-state index in [0.717, 1.165) is 30.2 Å². The van der Waals surface area contributed by atoms with Crippen molar-refractivity contribution in [3.63, 3.8) is 0 Å². The van der Waals surface area contributed by atoms with Crippen LogP contribution in [0.3, 0.4) is 0 Å². The summed E-state index contributed by atoms with van der Waals surface area (Å²) in [7, 11) is 1.81. The molecule has 0 aliphatic heterocycles. The zero-order valence-electron chi connectivity index (χ0n) is 17.0. The van der Waals surface area contributed by atoms with Crippen LogP contribution in [-0.4, -0.2) is 36.7 Å². The molecule has 4 rings (SSSR count). The number of ether oxygens (including phenoxy) is 1. The summed E-state index contributed by atoms with van der Waals surface area (Å²) in [6, 6.07) is 8.62. The zero-order chi connectivity index (χ0) is 19.6. The third-order valence-electron chi connectivity index (χ3n) is 6.26. The van der Waals surface area contributed by atoms with Crippen LogP contribution >= 0.6 is 0 Å². The molecule has 0 saturated heterocycles. The number of hydrogen-bond acceptors (Lipinski definition) is 4. The number of nitrogens with zero attached hydrogens (tertiary/aromatic N) is 2. The van der Waals surface area contributed by atoms with E-state index in [-0.39, 0.29) is 0 Å². The average Bonchev–Trinajstić information content (AvgIpc) is 3.11. The molecule has 0 bridgehead atoms. The van der Waals surface area contributed by atoms with E-state index < -0.39 is 0 Å². The summed E-state index contributed by atoms with van der Waals surface area (Å²) in [6.07, 6.45) is 6.95. The molecule has 2 saturated carbocycles. The lowest BCUT2D eigenvalue weighted by Crippen LogP contribution is -2.68. The highest BCUT2D eigenvalue weighted by Gasteiger charge is 2.59. The summed E-state index contributed by atoms with van der Waals surface area (Å²) in [5.74, 6) is 1.46. The summed E-state index contributed by atoms with van der Waals surface area (Å²) < 4.78 is 11.6. The second kappa shape index (κ2) is 7.95. The Morgan fingerprint density at radius 3 is 2.75 bits per heavy atom. The van der Waals surface area contributed by atoms with Crippen molar-refractivity contribution >= 4 is 5.96 Å². The molecule has 1 heterocycles. The van der Waals surface area contributed by atoms with Crippen LogP contribution in [-0.2, 0) is 11.3 Å². The van der Waals surface area contributed by atoms with Crippen LogP contribution in [0.15, 0.2) is 39.9 Å². The van der Waals surface area contributed by atoms with Crippen LogP contribution in [0.25, 0.3) is 11.5 Å². The molecule has 2 aromatic rings. The molecule has 2 N–H and O–H groups in total. The maximum absolute atomic E-state index is 5.94. The van der Waals surface area contributed by atoms with Crippen molar-refractivity contribution < 1.29 is 9.15 Å². The van der Waals surface area contributed by atoms with Gasteiger partial charge in [-0.1, -0.05) is 24.1 Å². The Morgan fingerprint density at radius 2 is 2.11 bits per heavy atom. The Bertz CT molecular complexity index is 823. The second-order valence-electron chi connectivity index (χ2n) is 7.90. The summed E-state index contributed by atoms with van der Waals surface area (Å²) in [5.41, 5.74) is 3.37. The molecule has 1 spiro atoms. The fourth-order valence-corrected chi connectivity index (χ4v) is 4.39. The molecule has 6 nitrogen and oxygen atoms in total. The van der Waals surface area contributed by atoms with Gasteiger partial charge in [-0.15, -0.1) is 0 Å². The first kappa shape index (κ1) is 19.0. The Hall–Kier alpha value is -2.34. The van der Waals surface area contributed by atoms with Crippen molar-refractivity contribution in [3.8, 4) is 11.5 Å². The van der Waals surface area contributed by atoms with Crippen LogP contribution in [0.1, 0.15) is 43.9 Å². The highest BCUT2D eigenvalue weighted by Crippen LogP contribution is 2.57. The highest BCUT2D eigenvalue weighted by atomic mass is 16.5. The zero-order valence-corrected chi connectivity index (χ0v) is 17.0. The van der Waals surface area contributed by atoms with Gasteiger partial charge in [0.1, 0.15) is 6.26 Å². The van der Waals surface area contributed by atoms with Gasteiger partial charge < -0.3 is 19.8 Å². The number of aryl methyl sites for hydroxylation is 1. The molecule has 6 heteroatoms. The lowest BCUT2D eigenvalue weighted by atomic mass is 9.51. The van der Waals surface area contributed by atoms with Gasteiger partial charge in [-0.3, -0.25) is 4.99 Å². The first-order valence-corrected chi connectivity index (χ1v) is 10.2. The van der Waals surface area contributed by atoms with Crippen LogP contribution in [0, 0.1) is 12.3 Å². The average molecular weight is 383 g/mol. The van der Waals surface area contributed by atoms with E-state index in [2.05, 4.69) is 46.6 Å². The van der Waals surface area contributed by atoms with Gasteiger partial charge in [-0.2, -0.15) is 0 Å². The van der Waals surface area contributed by atoms with Gasteiger partial charge >= 0.3 is 0 Å². The maximum Gasteiger partial charge on any atom is 0.226 e. The molecule has 0 radical (unpaired) electrons. The minimum Gasteiger partial charge on any atom is -0.444 e. The van der Waals surface area contributed by atoms with E-state index in [1.54, 1.807) is 6.26 Å². The van der Waals surface area contributed by atoms with E-state index in [1.165, 1.54) is 24.8 Å². The predicted molar refractivity (Wildman–Crippen MR) is 110 cm³/mol. The van der Waals surface area contributed by atoms with E-state index >= 15 is 0 Å². The number of aromatic nitrogens is 1. The summed E-state index contributed by atoms with van der Waals surface area (Å²) >= 11 is 0. The molecule has 150 valence electrons. The van der Waals surface area contributed by atoms with Crippen molar-refractivity contribution in [2.45, 2.75) is 58.2 Å². The number of aliphatic imine (C=N–C) groups is 1. The van der Waals surface area contributed by atoms with E-state index in [9.17, 15) is 0 Å². The Kier molecular flexibility index (Phi) is 5.40. The highest BCUT2D eigenvalue weighted by molar-refractivity contribution is 5.80.